The van der Waals surface area contributed by atoms with Crippen molar-refractivity contribution in [2.75, 3.05) is 17.7 Å². The van der Waals surface area contributed by atoms with E-state index in [0.717, 1.165) is 17.9 Å². The predicted molar refractivity (Wildman–Crippen MR) is 75.2 cm³/mol. The van der Waals surface area contributed by atoms with Crippen LogP contribution in [0.15, 0.2) is 22.3 Å². The maximum atomic E-state index is 5.84. The van der Waals surface area contributed by atoms with Crippen molar-refractivity contribution in [3.05, 3.63) is 28.2 Å². The van der Waals surface area contributed by atoms with Crippen LogP contribution in [0.2, 0.25) is 0 Å². The van der Waals surface area contributed by atoms with Crippen LogP contribution in [0.4, 0.5) is 11.4 Å². The minimum atomic E-state index is 0.572. The van der Waals surface area contributed by atoms with E-state index in [1.54, 1.807) is 11.3 Å². The normalized spacial score (nSPS) is 11.1. The first-order valence-electron chi connectivity index (χ1n) is 5.77. The summed E-state index contributed by atoms with van der Waals surface area (Å²) >= 11 is 1.65. The van der Waals surface area contributed by atoms with E-state index in [1.807, 2.05) is 31.6 Å². The fraction of sp³-hybridized carbons (Fsp3) is 0.250. The molecule has 7 heteroatoms. The van der Waals surface area contributed by atoms with Gasteiger partial charge in [-0.15, -0.1) is 11.3 Å². The molecule has 19 heavy (non-hydrogen) atoms. The zero-order chi connectivity index (χ0) is 13.4. The number of thiazole rings is 1. The first-order chi connectivity index (χ1) is 9.16. The average Bonchev–Trinajstić information content (AvgIpc) is 3.00. The Morgan fingerprint density at radius 2 is 2.11 bits per heavy atom. The van der Waals surface area contributed by atoms with E-state index in [4.69, 9.17) is 10.4 Å². The third-order valence-corrected chi connectivity index (χ3v) is 3.98. The lowest BCUT2D eigenvalue weighted by molar-refractivity contribution is 0.315. The van der Waals surface area contributed by atoms with Crippen molar-refractivity contribution >= 4 is 33.7 Å². The van der Waals surface area contributed by atoms with Gasteiger partial charge in [-0.2, -0.15) is 0 Å². The first-order valence-corrected chi connectivity index (χ1v) is 6.65. The molecule has 0 fully saturated rings. The maximum Gasteiger partial charge on any atom is 0.160 e. The minimum Gasteiger partial charge on any atom is -0.397 e. The third kappa shape index (κ3) is 2.01. The Balaban J connectivity index is 1.98. The van der Waals surface area contributed by atoms with Crippen LogP contribution in [0.25, 0.3) is 11.0 Å². The number of nitrogen functional groups attached to an aromatic ring is 1. The Kier molecular flexibility index (Phi) is 2.83. The van der Waals surface area contributed by atoms with Gasteiger partial charge in [0, 0.05) is 11.9 Å². The predicted octanol–water partition coefficient (Wildman–Crippen LogP) is 2.21. The molecule has 0 unspecified atom stereocenters. The van der Waals surface area contributed by atoms with E-state index in [-0.39, 0.29) is 0 Å². The monoisotopic (exact) mass is 275 g/mol. The Morgan fingerprint density at radius 3 is 2.84 bits per heavy atom. The van der Waals surface area contributed by atoms with Crippen LogP contribution in [-0.2, 0) is 6.54 Å². The number of nitrogens with zero attached hydrogens (tertiary/aromatic N) is 4. The number of aromatic nitrogens is 3. The average molecular weight is 275 g/mol. The Hall–Kier alpha value is -2.15. The molecule has 0 spiro atoms. The number of nitrogens with two attached hydrogens (primary N) is 1. The van der Waals surface area contributed by atoms with Crippen LogP contribution >= 0.6 is 11.3 Å². The maximum absolute atomic E-state index is 5.84. The zero-order valence-corrected chi connectivity index (χ0v) is 11.4. The van der Waals surface area contributed by atoms with E-state index in [0.29, 0.717) is 16.7 Å². The van der Waals surface area contributed by atoms with E-state index >= 15 is 0 Å². The van der Waals surface area contributed by atoms with Gasteiger partial charge in [0.2, 0.25) is 0 Å². The summed E-state index contributed by atoms with van der Waals surface area (Å²) < 4.78 is 4.78. The third-order valence-electron chi connectivity index (χ3n) is 3.06. The molecule has 3 aromatic rings. The Labute approximate surface area is 113 Å². The van der Waals surface area contributed by atoms with Crippen molar-refractivity contribution in [2.24, 2.45) is 0 Å². The number of hydrogen-bond acceptors (Lipinski definition) is 7. The highest BCUT2D eigenvalue weighted by Gasteiger charge is 2.14. The van der Waals surface area contributed by atoms with Gasteiger partial charge in [0.25, 0.3) is 0 Å². The van der Waals surface area contributed by atoms with Gasteiger partial charge in [0.05, 0.1) is 29.1 Å². The van der Waals surface area contributed by atoms with Gasteiger partial charge in [-0.1, -0.05) is 0 Å². The fourth-order valence-electron chi connectivity index (χ4n) is 1.96. The molecule has 0 aliphatic rings. The van der Waals surface area contributed by atoms with Gasteiger partial charge in [-0.25, -0.2) is 9.61 Å². The molecule has 0 amide bonds. The minimum absolute atomic E-state index is 0.572. The molecule has 0 saturated heterocycles. The number of benzene rings is 1. The lowest BCUT2D eigenvalue weighted by atomic mass is 10.2. The van der Waals surface area contributed by atoms with Crippen molar-refractivity contribution < 1.29 is 4.63 Å². The zero-order valence-electron chi connectivity index (χ0n) is 10.6. The topological polar surface area (TPSA) is 81.1 Å². The molecule has 3 rings (SSSR count). The SMILES string of the molecule is Cc1ncsc1CN(C)c1ccc(N)c2nonc12. The van der Waals surface area contributed by atoms with Gasteiger partial charge in [-0.05, 0) is 29.4 Å². The van der Waals surface area contributed by atoms with Crippen LogP contribution < -0.4 is 10.6 Å². The molecular weight excluding hydrogens is 262 g/mol. The van der Waals surface area contributed by atoms with Gasteiger partial charge in [-0.3, -0.25) is 0 Å². The van der Waals surface area contributed by atoms with Crippen molar-refractivity contribution in [3.63, 3.8) is 0 Å². The highest BCUT2D eigenvalue weighted by atomic mass is 32.1. The molecule has 98 valence electrons. The number of aryl methyl sites for hydroxylation is 1. The number of rotatable bonds is 3. The highest BCUT2D eigenvalue weighted by molar-refractivity contribution is 7.09. The molecule has 0 radical (unpaired) electrons. The standard InChI is InChI=1S/C12H13N5OS/c1-7-10(19-6-14-7)5-17(2)9-4-3-8(13)11-12(9)16-18-15-11/h3-4,6H,5,13H2,1-2H3. The summed E-state index contributed by atoms with van der Waals surface area (Å²) in [7, 11) is 2.00. The molecule has 0 aliphatic heterocycles. The summed E-state index contributed by atoms with van der Waals surface area (Å²) in [5.74, 6) is 0. The summed E-state index contributed by atoms with van der Waals surface area (Å²) in [5.41, 5.74) is 11.6. The molecule has 0 saturated carbocycles. The molecule has 2 heterocycles. The van der Waals surface area contributed by atoms with Crippen LogP contribution in [0.5, 0.6) is 0 Å². The Bertz CT molecular complexity index is 720. The first kappa shape index (κ1) is 11.9. The summed E-state index contributed by atoms with van der Waals surface area (Å²) in [6, 6.07) is 3.75. The molecule has 0 atom stereocenters. The smallest absolute Gasteiger partial charge is 0.160 e. The molecule has 2 aromatic heterocycles. The van der Waals surface area contributed by atoms with E-state index in [9.17, 15) is 0 Å². The number of fused-ring (bicyclic) bond motifs is 1. The van der Waals surface area contributed by atoms with Gasteiger partial charge < -0.3 is 10.6 Å². The molecule has 6 nitrogen and oxygen atoms in total. The molecule has 0 aliphatic carbocycles. The van der Waals surface area contributed by atoms with Crippen LogP contribution in [0, 0.1) is 6.92 Å². The molecule has 0 bridgehead atoms. The lowest BCUT2D eigenvalue weighted by Gasteiger charge is -2.18. The van der Waals surface area contributed by atoms with Crippen molar-refractivity contribution in [1.82, 2.24) is 15.3 Å². The van der Waals surface area contributed by atoms with Crippen LogP contribution in [0.1, 0.15) is 10.6 Å². The van der Waals surface area contributed by atoms with Crippen molar-refractivity contribution in [1.29, 1.82) is 0 Å². The fourth-order valence-corrected chi connectivity index (χ4v) is 2.79. The van der Waals surface area contributed by atoms with Crippen molar-refractivity contribution in [3.8, 4) is 0 Å². The van der Waals surface area contributed by atoms with E-state index < -0.39 is 0 Å². The summed E-state index contributed by atoms with van der Waals surface area (Å²) in [6.45, 7) is 2.78. The largest absolute Gasteiger partial charge is 0.397 e. The number of hydrogen-bond donors (Lipinski definition) is 1. The van der Waals surface area contributed by atoms with Gasteiger partial charge >= 0.3 is 0 Å². The summed E-state index contributed by atoms with van der Waals surface area (Å²) in [5, 5.41) is 7.76. The van der Waals surface area contributed by atoms with Crippen LogP contribution in [-0.4, -0.2) is 22.3 Å². The molecular formula is C12H13N5OS. The second-order valence-corrected chi connectivity index (χ2v) is 5.29. The van der Waals surface area contributed by atoms with Gasteiger partial charge in [0.15, 0.2) is 11.0 Å². The summed E-state index contributed by atoms with van der Waals surface area (Å²) in [4.78, 5) is 7.57. The molecule has 1 aromatic carbocycles. The van der Waals surface area contributed by atoms with Crippen LogP contribution in [0.3, 0.4) is 0 Å². The van der Waals surface area contributed by atoms with E-state index in [2.05, 4.69) is 20.2 Å². The van der Waals surface area contributed by atoms with Gasteiger partial charge in [0.1, 0.15) is 0 Å². The quantitative estimate of drug-likeness (QED) is 0.738. The van der Waals surface area contributed by atoms with Crippen molar-refractivity contribution in [2.45, 2.75) is 13.5 Å². The lowest BCUT2D eigenvalue weighted by Crippen LogP contribution is -2.16. The second kappa shape index (κ2) is 4.51. The molecule has 2 N–H and O–H groups in total. The highest BCUT2D eigenvalue weighted by Crippen LogP contribution is 2.29. The second-order valence-electron chi connectivity index (χ2n) is 4.35. The Morgan fingerprint density at radius 1 is 1.32 bits per heavy atom. The van der Waals surface area contributed by atoms with E-state index in [1.165, 1.54) is 4.88 Å². The summed E-state index contributed by atoms with van der Waals surface area (Å²) in [6.07, 6.45) is 0. The number of anilines is 2.